The van der Waals surface area contributed by atoms with E-state index in [0.717, 1.165) is 24.3 Å². The van der Waals surface area contributed by atoms with Gasteiger partial charge in [-0.25, -0.2) is 0 Å². The molecule has 0 saturated heterocycles. The largest absolute Gasteiger partial charge is 0.493 e. The van der Waals surface area contributed by atoms with Gasteiger partial charge in [-0.2, -0.15) is 0 Å². The van der Waals surface area contributed by atoms with Gasteiger partial charge in [0, 0.05) is 24.6 Å². The minimum absolute atomic E-state index is 0.595. The van der Waals surface area contributed by atoms with Crippen LogP contribution in [0.1, 0.15) is 30.9 Å². The number of rotatable bonds is 4. The molecule has 2 aliphatic rings. The standard InChI is InChI=1S/C14H19NO2/c1-14(16,9-15-11-5-6-11)12-4-2-3-10-7-8-17-13(10)12/h2-4,11,15-16H,5-9H2,1H3. The first-order valence-corrected chi connectivity index (χ1v) is 6.38. The molecule has 1 saturated carbocycles. The summed E-state index contributed by atoms with van der Waals surface area (Å²) < 4.78 is 5.65. The summed E-state index contributed by atoms with van der Waals surface area (Å²) in [7, 11) is 0. The van der Waals surface area contributed by atoms with Crippen LogP contribution in [0.2, 0.25) is 0 Å². The van der Waals surface area contributed by atoms with Gasteiger partial charge in [0.15, 0.2) is 0 Å². The fourth-order valence-corrected chi connectivity index (χ4v) is 2.37. The molecule has 0 spiro atoms. The summed E-state index contributed by atoms with van der Waals surface area (Å²) in [6.45, 7) is 3.19. The van der Waals surface area contributed by atoms with Crippen LogP contribution < -0.4 is 10.1 Å². The lowest BCUT2D eigenvalue weighted by Gasteiger charge is -2.26. The van der Waals surface area contributed by atoms with Gasteiger partial charge < -0.3 is 15.2 Å². The van der Waals surface area contributed by atoms with Crippen LogP contribution in [0.5, 0.6) is 5.75 Å². The second-order valence-electron chi connectivity index (χ2n) is 5.32. The molecule has 0 bridgehead atoms. The lowest BCUT2D eigenvalue weighted by atomic mass is 9.93. The van der Waals surface area contributed by atoms with E-state index >= 15 is 0 Å². The quantitative estimate of drug-likeness (QED) is 0.829. The third kappa shape index (κ3) is 2.17. The predicted octanol–water partition coefficient (Wildman–Crippen LogP) is 1.58. The van der Waals surface area contributed by atoms with E-state index in [-0.39, 0.29) is 0 Å². The third-order valence-electron chi connectivity index (χ3n) is 3.61. The topological polar surface area (TPSA) is 41.5 Å². The van der Waals surface area contributed by atoms with Gasteiger partial charge >= 0.3 is 0 Å². The number of ether oxygens (including phenoxy) is 1. The first-order valence-electron chi connectivity index (χ1n) is 6.38. The molecule has 1 heterocycles. The zero-order valence-electron chi connectivity index (χ0n) is 10.2. The number of para-hydroxylation sites is 1. The summed E-state index contributed by atoms with van der Waals surface area (Å²) in [5.41, 5.74) is 1.29. The molecule has 1 fully saturated rings. The summed E-state index contributed by atoms with van der Waals surface area (Å²) in [4.78, 5) is 0. The molecule has 3 rings (SSSR count). The molecule has 1 aromatic rings. The summed E-state index contributed by atoms with van der Waals surface area (Å²) in [5.74, 6) is 0.898. The van der Waals surface area contributed by atoms with Crippen LogP contribution in [0.3, 0.4) is 0 Å². The predicted molar refractivity (Wildman–Crippen MR) is 66.2 cm³/mol. The number of benzene rings is 1. The molecule has 1 atom stereocenters. The molecule has 3 heteroatoms. The smallest absolute Gasteiger partial charge is 0.128 e. The van der Waals surface area contributed by atoms with E-state index in [1.165, 1.54) is 18.4 Å². The van der Waals surface area contributed by atoms with Crippen molar-refractivity contribution in [2.75, 3.05) is 13.2 Å². The minimum Gasteiger partial charge on any atom is -0.493 e. The van der Waals surface area contributed by atoms with E-state index in [4.69, 9.17) is 4.74 Å². The van der Waals surface area contributed by atoms with Gasteiger partial charge in [-0.05, 0) is 25.3 Å². The minimum atomic E-state index is -0.849. The number of hydrogen-bond acceptors (Lipinski definition) is 3. The molecule has 17 heavy (non-hydrogen) atoms. The third-order valence-corrected chi connectivity index (χ3v) is 3.61. The Morgan fingerprint density at radius 2 is 2.29 bits per heavy atom. The highest BCUT2D eigenvalue weighted by Crippen LogP contribution is 2.36. The molecule has 0 aromatic heterocycles. The van der Waals surface area contributed by atoms with Gasteiger partial charge in [-0.3, -0.25) is 0 Å². The van der Waals surface area contributed by atoms with Crippen molar-refractivity contribution < 1.29 is 9.84 Å². The molecule has 1 unspecified atom stereocenters. The van der Waals surface area contributed by atoms with Crippen molar-refractivity contribution in [3.63, 3.8) is 0 Å². The number of fused-ring (bicyclic) bond motifs is 1. The zero-order valence-corrected chi connectivity index (χ0v) is 10.2. The Morgan fingerprint density at radius 3 is 3.06 bits per heavy atom. The van der Waals surface area contributed by atoms with Crippen LogP contribution in [-0.4, -0.2) is 24.3 Å². The number of hydrogen-bond donors (Lipinski definition) is 2. The van der Waals surface area contributed by atoms with E-state index in [1.807, 2.05) is 19.1 Å². The maximum Gasteiger partial charge on any atom is 0.128 e. The van der Waals surface area contributed by atoms with Crippen LogP contribution in [0, 0.1) is 0 Å². The van der Waals surface area contributed by atoms with Crippen molar-refractivity contribution in [3.8, 4) is 5.75 Å². The van der Waals surface area contributed by atoms with Crippen LogP contribution in [0.15, 0.2) is 18.2 Å². The van der Waals surface area contributed by atoms with E-state index in [1.54, 1.807) is 0 Å². The summed E-state index contributed by atoms with van der Waals surface area (Å²) in [6.07, 6.45) is 3.42. The average molecular weight is 233 g/mol. The van der Waals surface area contributed by atoms with Crippen LogP contribution in [-0.2, 0) is 12.0 Å². The second-order valence-corrected chi connectivity index (χ2v) is 5.32. The first-order chi connectivity index (χ1) is 8.17. The highest BCUT2D eigenvalue weighted by atomic mass is 16.5. The molecular weight excluding hydrogens is 214 g/mol. The molecule has 0 amide bonds. The van der Waals surface area contributed by atoms with E-state index < -0.39 is 5.60 Å². The van der Waals surface area contributed by atoms with Gasteiger partial charge in [-0.15, -0.1) is 0 Å². The maximum atomic E-state index is 10.6. The van der Waals surface area contributed by atoms with E-state index in [9.17, 15) is 5.11 Å². The Kier molecular flexibility index (Phi) is 2.60. The monoisotopic (exact) mass is 233 g/mol. The summed E-state index contributed by atoms with van der Waals surface area (Å²) >= 11 is 0. The first kappa shape index (κ1) is 11.1. The van der Waals surface area contributed by atoms with Gasteiger partial charge in [-0.1, -0.05) is 18.2 Å². The van der Waals surface area contributed by atoms with Crippen LogP contribution in [0.4, 0.5) is 0 Å². The second kappa shape index (κ2) is 4.00. The summed E-state index contributed by atoms with van der Waals surface area (Å²) in [5, 5.41) is 14.0. The van der Waals surface area contributed by atoms with Crippen LogP contribution in [0.25, 0.3) is 0 Å². The Labute approximate surface area is 102 Å². The van der Waals surface area contributed by atoms with Crippen LogP contribution >= 0.6 is 0 Å². The van der Waals surface area contributed by atoms with Gasteiger partial charge in [0.1, 0.15) is 11.4 Å². The maximum absolute atomic E-state index is 10.6. The zero-order chi connectivity index (χ0) is 11.9. The number of nitrogens with one attached hydrogen (secondary N) is 1. The molecule has 1 aliphatic heterocycles. The van der Waals surface area contributed by atoms with Gasteiger partial charge in [0.25, 0.3) is 0 Å². The normalized spacial score (nSPS) is 21.8. The molecule has 2 N–H and O–H groups in total. The average Bonchev–Trinajstić information content (AvgIpc) is 3.02. The Hall–Kier alpha value is -1.06. The molecular formula is C14H19NO2. The van der Waals surface area contributed by atoms with E-state index in [2.05, 4.69) is 11.4 Å². The molecule has 1 aromatic carbocycles. The number of aliphatic hydroxyl groups is 1. The van der Waals surface area contributed by atoms with Crippen molar-refractivity contribution in [1.29, 1.82) is 0 Å². The van der Waals surface area contributed by atoms with Crippen molar-refractivity contribution in [2.24, 2.45) is 0 Å². The molecule has 1 aliphatic carbocycles. The van der Waals surface area contributed by atoms with Crippen molar-refractivity contribution in [3.05, 3.63) is 29.3 Å². The van der Waals surface area contributed by atoms with Crippen molar-refractivity contribution in [1.82, 2.24) is 5.32 Å². The fourth-order valence-electron chi connectivity index (χ4n) is 2.37. The molecule has 0 radical (unpaired) electrons. The SMILES string of the molecule is CC(O)(CNC1CC1)c1cccc2c1OCC2. The van der Waals surface area contributed by atoms with Gasteiger partial charge in [0.05, 0.1) is 6.61 Å². The Balaban J connectivity index is 1.83. The Bertz CT molecular complexity index is 424. The Morgan fingerprint density at radius 1 is 1.47 bits per heavy atom. The van der Waals surface area contributed by atoms with Crippen molar-refractivity contribution in [2.45, 2.75) is 37.8 Å². The highest BCUT2D eigenvalue weighted by molar-refractivity contribution is 5.46. The molecule has 3 nitrogen and oxygen atoms in total. The highest BCUT2D eigenvalue weighted by Gasteiger charge is 2.32. The lowest BCUT2D eigenvalue weighted by Crippen LogP contribution is -2.36. The van der Waals surface area contributed by atoms with Gasteiger partial charge in [0.2, 0.25) is 0 Å². The fraction of sp³-hybridized carbons (Fsp3) is 0.571. The van der Waals surface area contributed by atoms with Crippen molar-refractivity contribution >= 4 is 0 Å². The lowest BCUT2D eigenvalue weighted by molar-refractivity contribution is 0.0539. The molecule has 92 valence electrons. The summed E-state index contributed by atoms with van der Waals surface area (Å²) in [6, 6.07) is 6.67. The van der Waals surface area contributed by atoms with E-state index in [0.29, 0.717) is 12.6 Å².